The summed E-state index contributed by atoms with van der Waals surface area (Å²) in [5.41, 5.74) is 1.71. The minimum atomic E-state index is -0.293. The van der Waals surface area contributed by atoms with Crippen LogP contribution < -0.4 is 15.4 Å². The smallest absolute Gasteiger partial charge is 0.262 e. The number of anilines is 1. The van der Waals surface area contributed by atoms with Gasteiger partial charge in [0.1, 0.15) is 5.75 Å². The highest BCUT2D eigenvalue weighted by molar-refractivity contribution is 5.97. The van der Waals surface area contributed by atoms with Gasteiger partial charge in [-0.05, 0) is 43.2 Å². The van der Waals surface area contributed by atoms with Crippen molar-refractivity contribution in [2.24, 2.45) is 0 Å². The molecule has 0 unspecified atom stereocenters. The van der Waals surface area contributed by atoms with Gasteiger partial charge in [-0.3, -0.25) is 14.6 Å². The molecule has 1 aromatic heterocycles. The maximum Gasteiger partial charge on any atom is 0.262 e. The first-order chi connectivity index (χ1) is 12.8. The fourth-order valence-electron chi connectivity index (χ4n) is 2.65. The molecule has 2 aromatic rings. The molecule has 0 radical (unpaired) electrons. The molecule has 1 fully saturated rings. The zero-order valence-electron chi connectivity index (χ0n) is 15.9. The fraction of sp³-hybridized carbons (Fsp3) is 0.381. The lowest BCUT2D eigenvalue weighted by molar-refractivity contribution is -0.118. The van der Waals surface area contributed by atoms with Crippen LogP contribution in [-0.2, 0) is 10.2 Å². The third-order valence-corrected chi connectivity index (χ3v) is 4.16. The Kier molecular flexibility index (Phi) is 5.44. The van der Waals surface area contributed by atoms with E-state index in [9.17, 15) is 9.59 Å². The van der Waals surface area contributed by atoms with Gasteiger partial charge in [-0.15, -0.1) is 0 Å². The third kappa shape index (κ3) is 5.29. The number of rotatable bonds is 6. The van der Waals surface area contributed by atoms with Crippen LogP contribution in [0.4, 0.5) is 5.69 Å². The Morgan fingerprint density at radius 2 is 1.96 bits per heavy atom. The molecule has 3 rings (SSSR count). The van der Waals surface area contributed by atoms with Gasteiger partial charge < -0.3 is 15.4 Å². The first-order valence-electron chi connectivity index (χ1n) is 9.12. The molecule has 1 aromatic carbocycles. The van der Waals surface area contributed by atoms with Crippen LogP contribution in [0.25, 0.3) is 0 Å². The summed E-state index contributed by atoms with van der Waals surface area (Å²) in [6.07, 6.45) is 3.78. The lowest BCUT2D eigenvalue weighted by Crippen LogP contribution is -2.26. The minimum absolute atomic E-state index is 0.116. The second-order valence-corrected chi connectivity index (χ2v) is 7.77. The molecule has 142 valence electrons. The molecule has 27 heavy (non-hydrogen) atoms. The highest BCUT2D eigenvalue weighted by Gasteiger charge is 2.24. The van der Waals surface area contributed by atoms with Crippen LogP contribution in [0.3, 0.4) is 0 Å². The number of ether oxygens (including phenoxy) is 1. The third-order valence-electron chi connectivity index (χ3n) is 4.16. The van der Waals surface area contributed by atoms with Gasteiger partial charge in [-0.2, -0.15) is 0 Å². The Balaban J connectivity index is 1.59. The summed E-state index contributed by atoms with van der Waals surface area (Å²) >= 11 is 0. The summed E-state index contributed by atoms with van der Waals surface area (Å²) in [7, 11) is 0. The first-order valence-corrected chi connectivity index (χ1v) is 9.12. The summed E-state index contributed by atoms with van der Waals surface area (Å²) in [5, 5.41) is 5.70. The average Bonchev–Trinajstić information content (AvgIpc) is 3.43. The maximum atomic E-state index is 12.3. The Bertz CT molecular complexity index is 839. The molecular formula is C21H25N3O3. The van der Waals surface area contributed by atoms with E-state index < -0.39 is 0 Å². The number of carbonyl (C=O) groups excluding carboxylic acids is 2. The van der Waals surface area contributed by atoms with Crippen LogP contribution in [0.5, 0.6) is 5.75 Å². The lowest BCUT2D eigenvalue weighted by Gasteiger charge is -2.21. The maximum absolute atomic E-state index is 12.3. The van der Waals surface area contributed by atoms with Crippen molar-refractivity contribution in [1.29, 1.82) is 0 Å². The number of nitrogens with zero attached hydrogens (tertiary/aromatic N) is 1. The number of pyridine rings is 1. The van der Waals surface area contributed by atoms with Gasteiger partial charge in [-0.25, -0.2) is 0 Å². The Hall–Kier alpha value is -2.89. The van der Waals surface area contributed by atoms with Gasteiger partial charge in [0.15, 0.2) is 6.61 Å². The summed E-state index contributed by atoms with van der Waals surface area (Å²) in [6, 6.07) is 10.8. The van der Waals surface area contributed by atoms with E-state index in [2.05, 4.69) is 15.6 Å². The molecule has 6 nitrogen and oxygen atoms in total. The van der Waals surface area contributed by atoms with Crippen molar-refractivity contribution >= 4 is 17.5 Å². The molecule has 1 aliphatic rings. The van der Waals surface area contributed by atoms with Crippen LogP contribution in [0, 0.1) is 0 Å². The van der Waals surface area contributed by atoms with Gasteiger partial charge in [0, 0.05) is 28.9 Å². The molecule has 6 heteroatoms. The summed E-state index contributed by atoms with van der Waals surface area (Å²) in [5.74, 6) is 0.186. The highest BCUT2D eigenvalue weighted by atomic mass is 16.5. The van der Waals surface area contributed by atoms with Gasteiger partial charge in [0.2, 0.25) is 0 Å². The van der Waals surface area contributed by atoms with Crippen molar-refractivity contribution in [2.75, 3.05) is 11.9 Å². The van der Waals surface area contributed by atoms with Crippen molar-refractivity contribution in [3.8, 4) is 5.75 Å². The van der Waals surface area contributed by atoms with Crippen LogP contribution in [0.15, 0.2) is 42.6 Å². The summed E-state index contributed by atoms with van der Waals surface area (Å²) < 4.78 is 5.68. The second kappa shape index (κ2) is 7.78. The van der Waals surface area contributed by atoms with E-state index >= 15 is 0 Å². The van der Waals surface area contributed by atoms with Gasteiger partial charge >= 0.3 is 0 Å². The van der Waals surface area contributed by atoms with Crippen LogP contribution in [-0.4, -0.2) is 29.4 Å². The molecular weight excluding hydrogens is 342 g/mol. The molecule has 2 amide bonds. The minimum Gasteiger partial charge on any atom is -0.482 e. The summed E-state index contributed by atoms with van der Waals surface area (Å²) in [4.78, 5) is 28.7. The molecule has 1 aliphatic carbocycles. The van der Waals surface area contributed by atoms with Crippen molar-refractivity contribution in [3.05, 3.63) is 53.9 Å². The lowest BCUT2D eigenvalue weighted by atomic mass is 9.91. The number of carbonyl (C=O) groups is 2. The number of nitrogens with one attached hydrogen (secondary N) is 2. The molecule has 0 aliphatic heterocycles. The van der Waals surface area contributed by atoms with Crippen molar-refractivity contribution in [2.45, 2.75) is 45.1 Å². The number of benzene rings is 1. The molecule has 0 bridgehead atoms. The van der Waals surface area contributed by atoms with E-state index in [0.29, 0.717) is 23.0 Å². The molecule has 0 saturated heterocycles. The number of hydrogen-bond acceptors (Lipinski definition) is 4. The quantitative estimate of drug-likeness (QED) is 0.821. The van der Waals surface area contributed by atoms with Crippen LogP contribution in [0.1, 0.15) is 49.7 Å². The molecule has 0 atom stereocenters. The number of amides is 2. The predicted molar refractivity (Wildman–Crippen MR) is 104 cm³/mol. The second-order valence-electron chi connectivity index (χ2n) is 7.77. The molecule has 1 heterocycles. The molecule has 2 N–H and O–H groups in total. The zero-order chi connectivity index (χ0) is 19.4. The molecule has 1 saturated carbocycles. The highest BCUT2D eigenvalue weighted by Crippen LogP contribution is 2.28. The van der Waals surface area contributed by atoms with Crippen molar-refractivity contribution in [1.82, 2.24) is 10.3 Å². The Labute approximate surface area is 159 Å². The number of hydrogen-bond donors (Lipinski definition) is 2. The van der Waals surface area contributed by atoms with E-state index in [4.69, 9.17) is 4.74 Å². The van der Waals surface area contributed by atoms with Gasteiger partial charge in [0.25, 0.3) is 11.8 Å². The molecule has 0 spiro atoms. The van der Waals surface area contributed by atoms with Gasteiger partial charge in [0.05, 0.1) is 5.69 Å². The monoisotopic (exact) mass is 367 g/mol. The fourth-order valence-corrected chi connectivity index (χ4v) is 2.65. The topological polar surface area (TPSA) is 80.3 Å². The standard InChI is InChI=1S/C21H25N3O3/c1-21(2,3)19-17(8-5-11-22-19)27-13-18(25)23-16-7-4-6-14(12-16)20(26)24-15-9-10-15/h4-8,11-12,15H,9-10,13H2,1-3H3,(H,23,25)(H,24,26). The average molecular weight is 367 g/mol. The van der Waals surface area contributed by atoms with E-state index in [1.165, 1.54) is 0 Å². The van der Waals surface area contributed by atoms with E-state index in [1.54, 1.807) is 36.5 Å². The zero-order valence-corrected chi connectivity index (χ0v) is 15.9. The van der Waals surface area contributed by atoms with Crippen molar-refractivity contribution < 1.29 is 14.3 Å². The van der Waals surface area contributed by atoms with Gasteiger partial charge in [-0.1, -0.05) is 26.8 Å². The summed E-state index contributed by atoms with van der Waals surface area (Å²) in [6.45, 7) is 5.99. The van der Waals surface area contributed by atoms with E-state index in [-0.39, 0.29) is 23.8 Å². The largest absolute Gasteiger partial charge is 0.482 e. The van der Waals surface area contributed by atoms with E-state index in [0.717, 1.165) is 18.5 Å². The Morgan fingerprint density at radius 3 is 2.67 bits per heavy atom. The van der Waals surface area contributed by atoms with Crippen LogP contribution >= 0.6 is 0 Å². The first kappa shape index (κ1) is 18.9. The number of aromatic nitrogens is 1. The normalized spacial score (nSPS) is 13.7. The van der Waals surface area contributed by atoms with E-state index in [1.807, 2.05) is 26.8 Å². The Morgan fingerprint density at radius 1 is 1.19 bits per heavy atom. The van der Waals surface area contributed by atoms with Crippen molar-refractivity contribution in [3.63, 3.8) is 0 Å². The SMILES string of the molecule is CC(C)(C)c1ncccc1OCC(=O)Nc1cccc(C(=O)NC2CC2)c1. The van der Waals surface area contributed by atoms with Crippen LogP contribution in [0.2, 0.25) is 0 Å². The predicted octanol–water partition coefficient (Wildman–Crippen LogP) is 3.29.